The van der Waals surface area contributed by atoms with Gasteiger partial charge >= 0.3 is 0 Å². The molecule has 1 aromatic heterocycles. The summed E-state index contributed by atoms with van der Waals surface area (Å²) in [7, 11) is 0. The van der Waals surface area contributed by atoms with E-state index in [2.05, 4.69) is 15.9 Å². The Hall–Kier alpha value is -0.380. The monoisotopic (exact) mass is 332 g/mol. The topological polar surface area (TPSA) is 0 Å². The van der Waals surface area contributed by atoms with Crippen molar-refractivity contribution in [1.29, 1.82) is 0 Å². The SMILES string of the molecule is Cc1ccc(C(Cl)c2cc(Br)sc2C)cc1F. The van der Waals surface area contributed by atoms with Gasteiger partial charge in [0.2, 0.25) is 0 Å². The predicted molar refractivity (Wildman–Crippen MR) is 75.6 cm³/mol. The first kappa shape index (κ1) is 13.1. The molecule has 1 atom stereocenters. The Bertz CT molecular complexity index is 550. The summed E-state index contributed by atoms with van der Waals surface area (Å²) >= 11 is 11.5. The fraction of sp³-hybridized carbons (Fsp3) is 0.231. The van der Waals surface area contributed by atoms with Gasteiger partial charge in [-0.2, -0.15) is 0 Å². The number of hydrogen-bond donors (Lipinski definition) is 0. The van der Waals surface area contributed by atoms with Crippen LogP contribution in [-0.4, -0.2) is 0 Å². The van der Waals surface area contributed by atoms with E-state index in [1.807, 2.05) is 19.1 Å². The first-order chi connectivity index (χ1) is 7.99. The van der Waals surface area contributed by atoms with Crippen LogP contribution in [0.1, 0.15) is 26.9 Å². The van der Waals surface area contributed by atoms with Crippen molar-refractivity contribution in [3.63, 3.8) is 0 Å². The number of thiophene rings is 1. The van der Waals surface area contributed by atoms with Crippen molar-refractivity contribution in [2.75, 3.05) is 0 Å². The van der Waals surface area contributed by atoms with Gasteiger partial charge in [0.25, 0.3) is 0 Å². The van der Waals surface area contributed by atoms with Crippen molar-refractivity contribution in [3.05, 3.63) is 55.4 Å². The summed E-state index contributed by atoms with van der Waals surface area (Å²) in [5, 5.41) is -0.298. The molecule has 0 aliphatic carbocycles. The Morgan fingerprint density at radius 2 is 2.00 bits per heavy atom. The Morgan fingerprint density at radius 1 is 1.29 bits per heavy atom. The Labute approximate surface area is 118 Å². The minimum Gasteiger partial charge on any atom is -0.207 e. The van der Waals surface area contributed by atoms with Gasteiger partial charge in [0.05, 0.1) is 9.16 Å². The molecule has 17 heavy (non-hydrogen) atoms. The summed E-state index contributed by atoms with van der Waals surface area (Å²) in [6.07, 6.45) is 0. The van der Waals surface area contributed by atoms with Gasteiger partial charge in [0, 0.05) is 4.88 Å². The lowest BCUT2D eigenvalue weighted by Crippen LogP contribution is -1.95. The van der Waals surface area contributed by atoms with Crippen LogP contribution in [0.2, 0.25) is 0 Å². The number of hydrogen-bond acceptors (Lipinski definition) is 1. The van der Waals surface area contributed by atoms with E-state index in [0.717, 1.165) is 19.8 Å². The second-order valence-electron chi connectivity index (χ2n) is 3.93. The highest BCUT2D eigenvalue weighted by Crippen LogP contribution is 2.37. The van der Waals surface area contributed by atoms with Crippen molar-refractivity contribution in [2.45, 2.75) is 19.2 Å². The van der Waals surface area contributed by atoms with Crippen molar-refractivity contribution >= 4 is 38.9 Å². The molecule has 90 valence electrons. The number of benzene rings is 1. The van der Waals surface area contributed by atoms with E-state index in [-0.39, 0.29) is 11.2 Å². The first-order valence-electron chi connectivity index (χ1n) is 5.15. The molecule has 0 nitrogen and oxygen atoms in total. The standard InChI is InChI=1S/C13H11BrClFS/c1-7-3-4-9(5-11(7)16)13(15)10-6-12(14)17-8(10)2/h3-6,13H,1-2H3. The number of halogens is 3. The van der Waals surface area contributed by atoms with Crippen LogP contribution in [0.15, 0.2) is 28.1 Å². The highest BCUT2D eigenvalue weighted by atomic mass is 79.9. The van der Waals surface area contributed by atoms with Gasteiger partial charge in [0.15, 0.2) is 0 Å². The predicted octanol–water partition coefficient (Wildman–Crippen LogP) is 5.59. The molecule has 0 aliphatic rings. The van der Waals surface area contributed by atoms with Crippen LogP contribution in [-0.2, 0) is 0 Å². The van der Waals surface area contributed by atoms with Crippen molar-refractivity contribution < 1.29 is 4.39 Å². The lowest BCUT2D eigenvalue weighted by Gasteiger charge is -2.10. The van der Waals surface area contributed by atoms with E-state index in [1.165, 1.54) is 6.07 Å². The van der Waals surface area contributed by atoms with E-state index in [4.69, 9.17) is 11.6 Å². The third kappa shape index (κ3) is 2.72. The van der Waals surface area contributed by atoms with E-state index in [0.29, 0.717) is 5.56 Å². The van der Waals surface area contributed by atoms with Crippen LogP contribution in [0.25, 0.3) is 0 Å². The molecule has 1 heterocycles. The molecule has 4 heteroatoms. The third-order valence-corrected chi connectivity index (χ3v) is 4.74. The normalized spacial score (nSPS) is 12.8. The maximum absolute atomic E-state index is 13.5. The van der Waals surface area contributed by atoms with Crippen LogP contribution < -0.4 is 0 Å². The van der Waals surface area contributed by atoms with E-state index in [1.54, 1.807) is 24.3 Å². The fourth-order valence-corrected chi connectivity index (χ4v) is 3.83. The van der Waals surface area contributed by atoms with Crippen molar-refractivity contribution in [2.24, 2.45) is 0 Å². The summed E-state index contributed by atoms with van der Waals surface area (Å²) in [5.74, 6) is -0.208. The van der Waals surface area contributed by atoms with Crippen LogP contribution in [0.3, 0.4) is 0 Å². The Kier molecular flexibility index (Phi) is 3.91. The zero-order chi connectivity index (χ0) is 12.6. The van der Waals surface area contributed by atoms with E-state index < -0.39 is 0 Å². The summed E-state index contributed by atoms with van der Waals surface area (Å²) < 4.78 is 14.5. The second kappa shape index (κ2) is 5.09. The average Bonchev–Trinajstić information content (AvgIpc) is 2.61. The summed E-state index contributed by atoms with van der Waals surface area (Å²) in [5.41, 5.74) is 2.47. The lowest BCUT2D eigenvalue weighted by atomic mass is 10.0. The highest BCUT2D eigenvalue weighted by molar-refractivity contribution is 9.11. The Morgan fingerprint density at radius 3 is 2.53 bits per heavy atom. The number of rotatable bonds is 2. The van der Waals surface area contributed by atoms with Crippen LogP contribution in [0, 0.1) is 19.7 Å². The maximum atomic E-state index is 13.5. The highest BCUT2D eigenvalue weighted by Gasteiger charge is 2.16. The van der Waals surface area contributed by atoms with Gasteiger partial charge in [-0.25, -0.2) is 4.39 Å². The van der Waals surface area contributed by atoms with Crippen molar-refractivity contribution in [1.82, 2.24) is 0 Å². The Balaban J connectivity index is 2.40. The molecule has 2 rings (SSSR count). The quantitative estimate of drug-likeness (QED) is 0.628. The van der Waals surface area contributed by atoms with Crippen LogP contribution in [0.4, 0.5) is 4.39 Å². The maximum Gasteiger partial charge on any atom is 0.126 e. The smallest absolute Gasteiger partial charge is 0.126 e. The minimum atomic E-state index is -0.298. The molecule has 0 N–H and O–H groups in total. The molecule has 0 saturated carbocycles. The molecule has 0 aliphatic heterocycles. The average molecular weight is 334 g/mol. The molecular formula is C13H11BrClFS. The minimum absolute atomic E-state index is 0.208. The summed E-state index contributed by atoms with van der Waals surface area (Å²) in [6.45, 7) is 3.76. The molecule has 0 saturated heterocycles. The van der Waals surface area contributed by atoms with Gasteiger partial charge in [-0.1, -0.05) is 12.1 Å². The molecule has 2 aromatic rings. The molecule has 1 aromatic carbocycles. The molecule has 0 spiro atoms. The van der Waals surface area contributed by atoms with Crippen molar-refractivity contribution in [3.8, 4) is 0 Å². The zero-order valence-corrected chi connectivity index (χ0v) is 12.6. The number of alkyl halides is 1. The van der Waals surface area contributed by atoms with Crippen LogP contribution in [0.5, 0.6) is 0 Å². The van der Waals surface area contributed by atoms with E-state index >= 15 is 0 Å². The fourth-order valence-electron chi connectivity index (χ4n) is 1.66. The van der Waals surface area contributed by atoms with Gasteiger partial charge < -0.3 is 0 Å². The zero-order valence-electron chi connectivity index (χ0n) is 9.43. The molecular weight excluding hydrogens is 323 g/mol. The van der Waals surface area contributed by atoms with Crippen LogP contribution >= 0.6 is 38.9 Å². The lowest BCUT2D eigenvalue weighted by molar-refractivity contribution is 0.616. The van der Waals surface area contributed by atoms with Gasteiger partial charge in [-0.15, -0.1) is 22.9 Å². The molecule has 0 bridgehead atoms. The first-order valence-corrected chi connectivity index (χ1v) is 7.19. The second-order valence-corrected chi connectivity index (χ2v) is 7.01. The van der Waals surface area contributed by atoms with Gasteiger partial charge in [0.1, 0.15) is 5.82 Å². The summed E-state index contributed by atoms with van der Waals surface area (Å²) in [6, 6.07) is 7.14. The van der Waals surface area contributed by atoms with Gasteiger partial charge in [-0.3, -0.25) is 0 Å². The molecule has 0 amide bonds. The molecule has 1 unspecified atom stereocenters. The number of aryl methyl sites for hydroxylation is 2. The molecule has 0 fully saturated rings. The van der Waals surface area contributed by atoms with Gasteiger partial charge in [-0.05, 0) is 58.6 Å². The third-order valence-electron chi connectivity index (χ3n) is 2.69. The largest absolute Gasteiger partial charge is 0.207 e. The van der Waals surface area contributed by atoms with E-state index in [9.17, 15) is 4.39 Å². The molecule has 0 radical (unpaired) electrons. The summed E-state index contributed by atoms with van der Waals surface area (Å²) in [4.78, 5) is 1.15.